The smallest absolute Gasteiger partial charge is 0.245 e. The Balaban J connectivity index is 2.90. The maximum Gasteiger partial charge on any atom is 0.245 e. The quantitative estimate of drug-likeness (QED) is 0.756. The van der Waals surface area contributed by atoms with Crippen LogP contribution in [-0.4, -0.2) is 34.8 Å². The molecule has 4 nitrogen and oxygen atoms in total. The van der Waals surface area contributed by atoms with Gasteiger partial charge in [0, 0.05) is 6.04 Å². The molecule has 4 heteroatoms. The van der Waals surface area contributed by atoms with Gasteiger partial charge in [0.15, 0.2) is 0 Å². The standard InChI is InChI=1S/C11H20N2O2/c1-5-9(6-2)13-8(4)10(14)12-7(3)11(13)15/h7-9H,5-6H2,1-4H3,(H,12,14). The molecule has 15 heavy (non-hydrogen) atoms. The number of carbonyl (C=O) groups excluding carboxylic acids is 2. The van der Waals surface area contributed by atoms with Crippen molar-refractivity contribution in [3.8, 4) is 0 Å². The fourth-order valence-electron chi connectivity index (χ4n) is 2.11. The van der Waals surface area contributed by atoms with E-state index in [0.29, 0.717) is 0 Å². The molecule has 0 radical (unpaired) electrons. The third-order valence-electron chi connectivity index (χ3n) is 3.12. The first-order valence-electron chi connectivity index (χ1n) is 5.65. The Hall–Kier alpha value is -1.06. The molecule has 1 rings (SSSR count). The maximum absolute atomic E-state index is 12.0. The Morgan fingerprint density at radius 2 is 1.80 bits per heavy atom. The van der Waals surface area contributed by atoms with Crippen LogP contribution in [-0.2, 0) is 9.59 Å². The second kappa shape index (κ2) is 4.64. The molecule has 2 atom stereocenters. The van der Waals surface area contributed by atoms with Gasteiger partial charge in [0.2, 0.25) is 11.8 Å². The van der Waals surface area contributed by atoms with Gasteiger partial charge in [-0.05, 0) is 26.7 Å². The molecule has 1 fully saturated rings. The molecule has 0 aromatic heterocycles. The van der Waals surface area contributed by atoms with E-state index in [4.69, 9.17) is 0 Å². The van der Waals surface area contributed by atoms with Gasteiger partial charge < -0.3 is 10.2 Å². The molecule has 0 spiro atoms. The van der Waals surface area contributed by atoms with E-state index in [1.165, 1.54) is 0 Å². The highest BCUT2D eigenvalue weighted by Crippen LogP contribution is 2.17. The van der Waals surface area contributed by atoms with Crippen LogP contribution in [0.15, 0.2) is 0 Å². The highest BCUT2D eigenvalue weighted by atomic mass is 16.2. The first-order valence-corrected chi connectivity index (χ1v) is 5.65. The van der Waals surface area contributed by atoms with E-state index in [-0.39, 0.29) is 29.9 Å². The first-order chi connectivity index (χ1) is 7.02. The van der Waals surface area contributed by atoms with Gasteiger partial charge in [-0.2, -0.15) is 0 Å². The van der Waals surface area contributed by atoms with Gasteiger partial charge in [-0.15, -0.1) is 0 Å². The molecule has 1 aliphatic heterocycles. The number of rotatable bonds is 3. The predicted molar refractivity (Wildman–Crippen MR) is 58.3 cm³/mol. The zero-order chi connectivity index (χ0) is 11.6. The van der Waals surface area contributed by atoms with Crippen LogP contribution in [0.3, 0.4) is 0 Å². The van der Waals surface area contributed by atoms with Crippen molar-refractivity contribution in [2.24, 2.45) is 0 Å². The summed E-state index contributed by atoms with van der Waals surface area (Å²) >= 11 is 0. The summed E-state index contributed by atoms with van der Waals surface area (Å²) in [5, 5.41) is 2.68. The molecule has 0 aromatic rings. The second-order valence-electron chi connectivity index (χ2n) is 4.12. The molecular weight excluding hydrogens is 192 g/mol. The third kappa shape index (κ3) is 2.13. The van der Waals surface area contributed by atoms with E-state index in [2.05, 4.69) is 5.32 Å². The Morgan fingerprint density at radius 1 is 1.27 bits per heavy atom. The van der Waals surface area contributed by atoms with Crippen molar-refractivity contribution in [3.05, 3.63) is 0 Å². The lowest BCUT2D eigenvalue weighted by Crippen LogP contribution is -2.63. The zero-order valence-corrected chi connectivity index (χ0v) is 9.91. The highest BCUT2D eigenvalue weighted by Gasteiger charge is 2.38. The Bertz CT molecular complexity index is 261. The molecule has 0 aromatic carbocycles. The van der Waals surface area contributed by atoms with Crippen molar-refractivity contribution in [1.29, 1.82) is 0 Å². The molecule has 0 bridgehead atoms. The van der Waals surface area contributed by atoms with Gasteiger partial charge in [-0.25, -0.2) is 0 Å². The average molecular weight is 212 g/mol. The second-order valence-corrected chi connectivity index (χ2v) is 4.12. The zero-order valence-electron chi connectivity index (χ0n) is 9.91. The van der Waals surface area contributed by atoms with E-state index in [0.717, 1.165) is 12.8 Å². The van der Waals surface area contributed by atoms with Crippen LogP contribution < -0.4 is 5.32 Å². The van der Waals surface area contributed by atoms with Gasteiger partial charge >= 0.3 is 0 Å². The van der Waals surface area contributed by atoms with E-state index >= 15 is 0 Å². The van der Waals surface area contributed by atoms with Crippen LogP contribution >= 0.6 is 0 Å². The van der Waals surface area contributed by atoms with Crippen LogP contribution in [0.25, 0.3) is 0 Å². The van der Waals surface area contributed by atoms with Crippen molar-refractivity contribution >= 4 is 11.8 Å². The van der Waals surface area contributed by atoms with Gasteiger partial charge in [0.1, 0.15) is 12.1 Å². The molecule has 1 heterocycles. The van der Waals surface area contributed by atoms with E-state index in [1.807, 2.05) is 13.8 Å². The summed E-state index contributed by atoms with van der Waals surface area (Å²) in [7, 11) is 0. The van der Waals surface area contributed by atoms with Crippen LogP contribution in [0, 0.1) is 0 Å². The minimum absolute atomic E-state index is 0.0378. The molecule has 86 valence electrons. The van der Waals surface area contributed by atoms with Crippen molar-refractivity contribution < 1.29 is 9.59 Å². The number of nitrogens with zero attached hydrogens (tertiary/aromatic N) is 1. The Morgan fingerprint density at radius 3 is 2.27 bits per heavy atom. The summed E-state index contributed by atoms with van der Waals surface area (Å²) in [4.78, 5) is 25.3. The summed E-state index contributed by atoms with van der Waals surface area (Å²) in [6.45, 7) is 7.62. The number of hydrogen-bond acceptors (Lipinski definition) is 2. The summed E-state index contributed by atoms with van der Waals surface area (Å²) in [6.07, 6.45) is 1.79. The van der Waals surface area contributed by atoms with Crippen molar-refractivity contribution in [1.82, 2.24) is 10.2 Å². The van der Waals surface area contributed by atoms with Crippen LogP contribution in [0.1, 0.15) is 40.5 Å². The van der Waals surface area contributed by atoms with Crippen LogP contribution in [0.5, 0.6) is 0 Å². The normalized spacial score (nSPS) is 27.1. The molecule has 2 amide bonds. The van der Waals surface area contributed by atoms with E-state index in [1.54, 1.807) is 18.7 Å². The SMILES string of the molecule is CCC(CC)N1C(=O)C(C)NC(=O)C1C. The topological polar surface area (TPSA) is 49.4 Å². The first kappa shape index (κ1) is 12.0. The molecule has 0 aliphatic carbocycles. The van der Waals surface area contributed by atoms with Crippen molar-refractivity contribution in [2.45, 2.75) is 58.7 Å². The maximum atomic E-state index is 12.0. The van der Waals surface area contributed by atoms with Gasteiger partial charge in [0.05, 0.1) is 0 Å². The van der Waals surface area contributed by atoms with E-state index < -0.39 is 0 Å². The lowest BCUT2D eigenvalue weighted by Gasteiger charge is -2.40. The van der Waals surface area contributed by atoms with Crippen LogP contribution in [0.2, 0.25) is 0 Å². The number of nitrogens with one attached hydrogen (secondary N) is 1. The molecular formula is C11H20N2O2. The number of carbonyl (C=O) groups is 2. The minimum atomic E-state index is -0.380. The van der Waals surface area contributed by atoms with Gasteiger partial charge in [-0.3, -0.25) is 9.59 Å². The lowest BCUT2D eigenvalue weighted by molar-refractivity contribution is -0.151. The molecule has 1 aliphatic rings. The summed E-state index contributed by atoms with van der Waals surface area (Å²) < 4.78 is 0. The number of amides is 2. The molecule has 1 saturated heterocycles. The predicted octanol–water partition coefficient (Wildman–Crippen LogP) is 0.910. The monoisotopic (exact) mass is 212 g/mol. The number of piperazine rings is 1. The van der Waals surface area contributed by atoms with Gasteiger partial charge in [0.25, 0.3) is 0 Å². The molecule has 0 saturated carbocycles. The Labute approximate surface area is 91.0 Å². The van der Waals surface area contributed by atoms with Crippen molar-refractivity contribution in [3.63, 3.8) is 0 Å². The third-order valence-corrected chi connectivity index (χ3v) is 3.12. The summed E-state index contributed by atoms with van der Waals surface area (Å²) in [5.74, 6) is -0.00944. The molecule has 1 N–H and O–H groups in total. The van der Waals surface area contributed by atoms with E-state index in [9.17, 15) is 9.59 Å². The summed E-state index contributed by atoms with van der Waals surface area (Å²) in [5.41, 5.74) is 0. The number of hydrogen-bond donors (Lipinski definition) is 1. The van der Waals surface area contributed by atoms with Crippen molar-refractivity contribution in [2.75, 3.05) is 0 Å². The Kier molecular flexibility index (Phi) is 3.72. The lowest BCUT2D eigenvalue weighted by atomic mass is 10.0. The largest absolute Gasteiger partial charge is 0.343 e. The van der Waals surface area contributed by atoms with Crippen LogP contribution in [0.4, 0.5) is 0 Å². The fraction of sp³-hybridized carbons (Fsp3) is 0.818. The van der Waals surface area contributed by atoms with Gasteiger partial charge in [-0.1, -0.05) is 13.8 Å². The highest BCUT2D eigenvalue weighted by molar-refractivity contribution is 5.96. The average Bonchev–Trinajstić information content (AvgIpc) is 2.21. The minimum Gasteiger partial charge on any atom is -0.343 e. The molecule has 2 unspecified atom stereocenters. The summed E-state index contributed by atoms with van der Waals surface area (Å²) in [6, 6.07) is -0.533. The fourth-order valence-corrected chi connectivity index (χ4v) is 2.11.